The van der Waals surface area contributed by atoms with Crippen molar-refractivity contribution >= 4 is 11.7 Å². The number of carbonyl (C=O) groups is 1. The molecule has 1 aromatic heterocycles. The Hall–Kier alpha value is -3.90. The molecule has 3 aromatic rings. The van der Waals surface area contributed by atoms with E-state index in [-0.39, 0.29) is 6.04 Å². The summed E-state index contributed by atoms with van der Waals surface area (Å²) in [6.45, 7) is -2.29. The third kappa shape index (κ3) is 4.71. The molecule has 4 rings (SSSR count). The number of rotatable bonds is 4. The normalized spacial score (nSPS) is 15.4. The molecular formula is C23H20F2N4O3. The van der Waals surface area contributed by atoms with Crippen molar-refractivity contribution in [3.8, 4) is 17.6 Å². The summed E-state index contributed by atoms with van der Waals surface area (Å²) in [5.74, 6) is 6.11. The van der Waals surface area contributed by atoms with Gasteiger partial charge in [0.1, 0.15) is 5.75 Å². The molecule has 0 radical (unpaired) electrons. The fraction of sp³-hybridized carbons (Fsp3) is 0.217. The average Bonchev–Trinajstić information content (AvgIpc) is 3.48. The van der Waals surface area contributed by atoms with Crippen LogP contribution >= 0.6 is 0 Å². The lowest BCUT2D eigenvalue weighted by molar-refractivity contribution is -0.0829. The number of methoxy groups -OCH3 is 1. The van der Waals surface area contributed by atoms with Crippen molar-refractivity contribution in [2.45, 2.75) is 19.0 Å². The molecule has 32 heavy (non-hydrogen) atoms. The predicted octanol–water partition coefficient (Wildman–Crippen LogP) is 4.60. The van der Waals surface area contributed by atoms with Crippen LogP contribution in [0.1, 0.15) is 35.7 Å². The zero-order valence-electron chi connectivity index (χ0n) is 17.2. The number of carbonyl (C=O) groups excluding carboxylic acids is 1. The van der Waals surface area contributed by atoms with E-state index in [1.807, 2.05) is 30.3 Å². The highest BCUT2D eigenvalue weighted by molar-refractivity contribution is 5.91. The van der Waals surface area contributed by atoms with Gasteiger partial charge in [-0.3, -0.25) is 4.84 Å². The van der Waals surface area contributed by atoms with E-state index in [1.54, 1.807) is 18.2 Å². The number of hydrogen-bond donors (Lipinski definition) is 1. The molecule has 0 unspecified atom stereocenters. The topological polar surface area (TPSA) is 68.6 Å². The Labute approximate surface area is 183 Å². The first kappa shape index (κ1) is 21.3. The Morgan fingerprint density at radius 2 is 2.00 bits per heavy atom. The highest BCUT2D eigenvalue weighted by Gasteiger charge is 2.32. The molecule has 2 aromatic carbocycles. The van der Waals surface area contributed by atoms with Crippen LogP contribution in [0.2, 0.25) is 0 Å². The first-order chi connectivity index (χ1) is 15.5. The van der Waals surface area contributed by atoms with E-state index in [0.717, 1.165) is 11.8 Å². The number of nitrogens with zero attached hydrogens (tertiary/aromatic N) is 3. The summed E-state index contributed by atoms with van der Waals surface area (Å²) in [4.78, 5) is 18.5. The summed E-state index contributed by atoms with van der Waals surface area (Å²) >= 11 is 0. The number of halogens is 2. The highest BCUT2D eigenvalue weighted by Crippen LogP contribution is 2.32. The van der Waals surface area contributed by atoms with Crippen molar-refractivity contribution in [2.75, 3.05) is 19.0 Å². The molecule has 2 amide bonds. The SMILES string of the molecule is COc1ccc(C#Cc2cnn(C(F)F)c2)cc1NC(=O)N1OCC[C@H]1c1ccccc1. The number of hydrogen-bond acceptors (Lipinski definition) is 4. The molecule has 1 aliphatic rings. The maximum atomic E-state index is 12.9. The minimum absolute atomic E-state index is 0.198. The number of alkyl halides is 2. The molecule has 7 nitrogen and oxygen atoms in total. The molecule has 1 aliphatic heterocycles. The lowest BCUT2D eigenvalue weighted by Crippen LogP contribution is -2.33. The number of anilines is 1. The number of ether oxygens (including phenoxy) is 1. The van der Waals surface area contributed by atoms with Crippen LogP contribution in [0.15, 0.2) is 60.9 Å². The van der Waals surface area contributed by atoms with Gasteiger partial charge in [-0.15, -0.1) is 0 Å². The van der Waals surface area contributed by atoms with Crippen LogP contribution in [0.3, 0.4) is 0 Å². The Morgan fingerprint density at radius 3 is 2.72 bits per heavy atom. The standard InChI is InChI=1S/C23H20F2N4O3/c1-31-21-10-9-16(7-8-17-14-26-28(15-17)22(24)25)13-19(21)27-23(30)29-20(11-12-32-29)18-5-3-2-4-6-18/h2-6,9-10,13-15,20,22H,11-12H2,1H3,(H,27,30)/t20-/m0/s1. The van der Waals surface area contributed by atoms with Crippen LogP contribution in [-0.2, 0) is 4.84 Å². The molecule has 1 atom stereocenters. The van der Waals surface area contributed by atoms with Gasteiger partial charge in [-0.25, -0.2) is 9.48 Å². The van der Waals surface area contributed by atoms with Gasteiger partial charge in [-0.1, -0.05) is 42.2 Å². The van der Waals surface area contributed by atoms with Crippen molar-refractivity contribution in [1.29, 1.82) is 0 Å². The maximum absolute atomic E-state index is 12.9. The summed E-state index contributed by atoms with van der Waals surface area (Å²) in [6, 6.07) is 14.0. The molecule has 1 N–H and O–H groups in total. The van der Waals surface area contributed by atoms with E-state index >= 15 is 0 Å². The maximum Gasteiger partial charge on any atom is 0.346 e. The number of urea groups is 1. The van der Waals surface area contributed by atoms with Gasteiger partial charge in [0.05, 0.1) is 37.2 Å². The molecule has 0 aliphatic carbocycles. The van der Waals surface area contributed by atoms with Crippen LogP contribution in [0.5, 0.6) is 5.75 Å². The smallest absolute Gasteiger partial charge is 0.346 e. The van der Waals surface area contributed by atoms with E-state index in [0.29, 0.717) is 40.3 Å². The van der Waals surface area contributed by atoms with Crippen molar-refractivity contribution in [3.63, 3.8) is 0 Å². The summed E-state index contributed by atoms with van der Waals surface area (Å²) in [7, 11) is 1.49. The first-order valence-electron chi connectivity index (χ1n) is 9.85. The molecule has 9 heteroatoms. The third-order valence-electron chi connectivity index (χ3n) is 4.88. The van der Waals surface area contributed by atoms with E-state index in [2.05, 4.69) is 22.3 Å². The number of nitrogens with one attached hydrogen (secondary N) is 1. The number of benzene rings is 2. The Balaban J connectivity index is 1.53. The van der Waals surface area contributed by atoms with Gasteiger partial charge in [0, 0.05) is 18.2 Å². The van der Waals surface area contributed by atoms with E-state index in [4.69, 9.17) is 9.57 Å². The largest absolute Gasteiger partial charge is 0.495 e. The predicted molar refractivity (Wildman–Crippen MR) is 113 cm³/mol. The third-order valence-corrected chi connectivity index (χ3v) is 4.88. The molecule has 164 valence electrons. The molecular weight excluding hydrogens is 418 g/mol. The second kappa shape index (κ2) is 9.49. The van der Waals surface area contributed by atoms with Crippen molar-refractivity contribution < 1.29 is 23.1 Å². The van der Waals surface area contributed by atoms with Crippen molar-refractivity contribution in [2.24, 2.45) is 0 Å². The summed E-state index contributed by atoms with van der Waals surface area (Å²) in [5.41, 5.74) is 2.31. The van der Waals surface area contributed by atoms with Gasteiger partial charge in [-0.05, 0) is 23.8 Å². The molecule has 2 heterocycles. The van der Waals surface area contributed by atoms with Gasteiger partial charge in [0.2, 0.25) is 0 Å². The Kier molecular flexibility index (Phi) is 6.33. The minimum atomic E-state index is -2.72. The zero-order valence-corrected chi connectivity index (χ0v) is 17.2. The van der Waals surface area contributed by atoms with E-state index < -0.39 is 12.6 Å². The minimum Gasteiger partial charge on any atom is -0.495 e. The van der Waals surface area contributed by atoms with Crippen molar-refractivity contribution in [3.05, 3.63) is 77.6 Å². The average molecular weight is 438 g/mol. The molecule has 0 spiro atoms. The van der Waals surface area contributed by atoms with Gasteiger partial charge in [0.25, 0.3) is 0 Å². The fourth-order valence-electron chi connectivity index (χ4n) is 3.35. The Bertz CT molecular complexity index is 1150. The molecule has 1 fully saturated rings. The lowest BCUT2D eigenvalue weighted by atomic mass is 10.1. The van der Waals surface area contributed by atoms with Crippen LogP contribution in [0.25, 0.3) is 0 Å². The van der Waals surface area contributed by atoms with Crippen LogP contribution in [0, 0.1) is 11.8 Å². The molecule has 1 saturated heterocycles. The molecule has 0 saturated carbocycles. The monoisotopic (exact) mass is 438 g/mol. The quantitative estimate of drug-likeness (QED) is 0.605. The van der Waals surface area contributed by atoms with Gasteiger partial charge >= 0.3 is 12.6 Å². The summed E-state index contributed by atoms with van der Waals surface area (Å²) < 4.78 is 31.2. The van der Waals surface area contributed by atoms with Gasteiger partial charge in [-0.2, -0.15) is 18.9 Å². The summed E-state index contributed by atoms with van der Waals surface area (Å²) in [5, 5.41) is 7.70. The second-order valence-corrected chi connectivity index (χ2v) is 6.96. The molecule has 0 bridgehead atoms. The van der Waals surface area contributed by atoms with Gasteiger partial charge < -0.3 is 10.1 Å². The van der Waals surface area contributed by atoms with Gasteiger partial charge in [0.15, 0.2) is 0 Å². The highest BCUT2D eigenvalue weighted by atomic mass is 19.3. The number of amides is 2. The first-order valence-corrected chi connectivity index (χ1v) is 9.85. The van der Waals surface area contributed by atoms with Crippen molar-refractivity contribution in [1.82, 2.24) is 14.8 Å². The fourth-order valence-corrected chi connectivity index (χ4v) is 3.35. The lowest BCUT2D eigenvalue weighted by Gasteiger charge is -2.23. The van der Waals surface area contributed by atoms with E-state index in [1.165, 1.54) is 18.4 Å². The Morgan fingerprint density at radius 1 is 1.22 bits per heavy atom. The number of aromatic nitrogens is 2. The van der Waals surface area contributed by atoms with E-state index in [9.17, 15) is 13.6 Å². The van der Waals surface area contributed by atoms with Crippen LogP contribution in [0.4, 0.5) is 19.3 Å². The van der Waals surface area contributed by atoms with Crippen LogP contribution in [-0.4, -0.2) is 34.6 Å². The van der Waals surface area contributed by atoms with Crippen LogP contribution < -0.4 is 10.1 Å². The zero-order chi connectivity index (χ0) is 22.5. The second-order valence-electron chi connectivity index (χ2n) is 6.96. The summed E-state index contributed by atoms with van der Waals surface area (Å²) in [6.07, 6.45) is 3.12. The number of hydroxylamine groups is 2.